The van der Waals surface area contributed by atoms with Crippen molar-refractivity contribution in [1.82, 2.24) is 9.80 Å². The largest absolute Gasteiger partial charge is 0.344 e. The topological polar surface area (TPSA) is 40.6 Å². The van der Waals surface area contributed by atoms with Crippen molar-refractivity contribution in [2.45, 2.75) is 52.9 Å². The third-order valence-electron chi connectivity index (χ3n) is 4.73. The lowest BCUT2D eigenvalue weighted by Gasteiger charge is -2.35. The molecule has 0 aromatic carbocycles. The number of hydrogen-bond acceptors (Lipinski definition) is 3. The molecule has 2 atom stereocenters. The summed E-state index contributed by atoms with van der Waals surface area (Å²) in [6, 6.07) is 0. The second-order valence-corrected chi connectivity index (χ2v) is 8.09. The van der Waals surface area contributed by atoms with E-state index in [2.05, 4.69) is 4.90 Å². The first-order chi connectivity index (χ1) is 10.1. The Balaban J connectivity index is 2.64. The third-order valence-corrected chi connectivity index (χ3v) is 4.73. The first-order valence-corrected chi connectivity index (χ1v) is 8.56. The predicted molar refractivity (Wildman–Crippen MR) is 90.7 cm³/mol. The van der Waals surface area contributed by atoms with E-state index in [4.69, 9.17) is 0 Å². The van der Waals surface area contributed by atoms with Crippen molar-refractivity contribution in [3.8, 4) is 0 Å². The van der Waals surface area contributed by atoms with Gasteiger partial charge in [-0.1, -0.05) is 33.6 Å². The fourth-order valence-corrected chi connectivity index (χ4v) is 3.21. The number of likely N-dealkylation sites (N-methyl/N-ethyl adjacent to an activating group) is 2. The Morgan fingerprint density at radius 1 is 1.00 bits per heavy atom. The molecule has 1 aliphatic carbocycles. The van der Waals surface area contributed by atoms with E-state index < -0.39 is 0 Å². The van der Waals surface area contributed by atoms with Crippen LogP contribution in [0, 0.1) is 17.3 Å². The highest BCUT2D eigenvalue weighted by Crippen LogP contribution is 2.37. The van der Waals surface area contributed by atoms with E-state index >= 15 is 0 Å². The fourth-order valence-electron chi connectivity index (χ4n) is 3.21. The molecule has 0 N–H and O–H groups in total. The maximum atomic E-state index is 12.7. The summed E-state index contributed by atoms with van der Waals surface area (Å²) in [5.41, 5.74) is -0.305. The second-order valence-electron chi connectivity index (χ2n) is 8.09. The Bertz CT molecular complexity index is 385. The lowest BCUT2D eigenvalue weighted by Crippen LogP contribution is -2.39. The maximum absolute atomic E-state index is 12.7. The van der Waals surface area contributed by atoms with Gasteiger partial charge in [-0.25, -0.2) is 0 Å². The van der Waals surface area contributed by atoms with E-state index in [-0.39, 0.29) is 23.2 Å². The van der Waals surface area contributed by atoms with Crippen LogP contribution in [0.4, 0.5) is 0 Å². The third kappa shape index (κ3) is 5.71. The van der Waals surface area contributed by atoms with Crippen LogP contribution >= 0.6 is 0 Å². The van der Waals surface area contributed by atoms with Gasteiger partial charge in [0.15, 0.2) is 0 Å². The van der Waals surface area contributed by atoms with Gasteiger partial charge in [-0.05, 0) is 32.9 Å². The molecular weight excluding hydrogens is 276 g/mol. The Morgan fingerprint density at radius 3 is 2.14 bits per heavy atom. The molecule has 1 amide bonds. The fraction of sp³-hybridized carbons (Fsp3) is 0.889. The van der Waals surface area contributed by atoms with E-state index in [1.54, 1.807) is 0 Å². The van der Waals surface area contributed by atoms with Crippen LogP contribution in [0.5, 0.6) is 0 Å². The highest BCUT2D eigenvalue weighted by Gasteiger charge is 2.37. The number of rotatable bonds is 6. The normalized spacial score (nSPS) is 22.7. The average Bonchev–Trinajstić information content (AvgIpc) is 2.43. The van der Waals surface area contributed by atoms with Gasteiger partial charge in [0.1, 0.15) is 5.78 Å². The predicted octanol–water partition coefficient (Wildman–Crippen LogP) is 2.82. The van der Waals surface area contributed by atoms with Crippen LogP contribution in [0.15, 0.2) is 0 Å². The Kier molecular flexibility index (Phi) is 7.04. The van der Waals surface area contributed by atoms with E-state index in [0.717, 1.165) is 38.8 Å². The lowest BCUT2D eigenvalue weighted by molar-refractivity contribution is -0.136. The lowest BCUT2D eigenvalue weighted by atomic mass is 9.69. The number of hydrogen-bond donors (Lipinski definition) is 0. The van der Waals surface area contributed by atoms with Gasteiger partial charge >= 0.3 is 0 Å². The van der Waals surface area contributed by atoms with Crippen LogP contribution in [0.25, 0.3) is 0 Å². The van der Waals surface area contributed by atoms with Gasteiger partial charge in [0, 0.05) is 37.9 Å². The van der Waals surface area contributed by atoms with Crippen LogP contribution in [0.3, 0.4) is 0 Å². The van der Waals surface area contributed by atoms with Gasteiger partial charge in [-0.2, -0.15) is 0 Å². The zero-order chi connectivity index (χ0) is 16.9. The minimum Gasteiger partial charge on any atom is -0.344 e. The van der Waals surface area contributed by atoms with Crippen LogP contribution in [-0.2, 0) is 9.59 Å². The van der Waals surface area contributed by atoms with Crippen molar-refractivity contribution in [2.24, 2.45) is 17.3 Å². The molecule has 1 saturated carbocycles. The zero-order valence-electron chi connectivity index (χ0n) is 15.3. The minimum absolute atomic E-state index is 0.0694. The van der Waals surface area contributed by atoms with Crippen molar-refractivity contribution < 1.29 is 9.59 Å². The molecule has 1 rings (SSSR count). The molecule has 1 fully saturated rings. The first-order valence-electron chi connectivity index (χ1n) is 8.56. The highest BCUT2D eigenvalue weighted by molar-refractivity contribution is 5.87. The van der Waals surface area contributed by atoms with Crippen LogP contribution in [0.2, 0.25) is 0 Å². The molecule has 0 spiro atoms. The SMILES string of the molecule is CN(C)CCN(C)C(=O)C[C@@H]1CCCC[C@@H]1C(=O)C(C)(C)C. The monoisotopic (exact) mass is 310 g/mol. The molecule has 4 heteroatoms. The van der Waals surface area contributed by atoms with Crippen LogP contribution in [-0.4, -0.2) is 55.7 Å². The summed E-state index contributed by atoms with van der Waals surface area (Å²) < 4.78 is 0. The summed E-state index contributed by atoms with van der Waals surface area (Å²) in [6.07, 6.45) is 4.76. The highest BCUT2D eigenvalue weighted by atomic mass is 16.2. The Hall–Kier alpha value is -0.900. The quantitative estimate of drug-likeness (QED) is 0.757. The van der Waals surface area contributed by atoms with Crippen LogP contribution in [0.1, 0.15) is 52.9 Å². The van der Waals surface area contributed by atoms with Crippen molar-refractivity contribution in [1.29, 1.82) is 0 Å². The maximum Gasteiger partial charge on any atom is 0.222 e. The van der Waals surface area contributed by atoms with E-state index in [0.29, 0.717) is 12.2 Å². The summed E-state index contributed by atoms with van der Waals surface area (Å²) >= 11 is 0. The summed E-state index contributed by atoms with van der Waals surface area (Å²) in [5, 5.41) is 0. The number of carbonyl (C=O) groups excluding carboxylic acids is 2. The van der Waals surface area contributed by atoms with Gasteiger partial charge < -0.3 is 9.80 Å². The van der Waals surface area contributed by atoms with Gasteiger partial charge in [0.05, 0.1) is 0 Å². The molecule has 0 aromatic rings. The number of Topliss-reactive ketones (excluding diaryl/α,β-unsaturated/α-hetero) is 1. The van der Waals surface area contributed by atoms with Crippen molar-refractivity contribution >= 4 is 11.7 Å². The molecule has 0 saturated heterocycles. The molecule has 0 aromatic heterocycles. The van der Waals surface area contributed by atoms with Crippen molar-refractivity contribution in [2.75, 3.05) is 34.2 Å². The summed E-state index contributed by atoms with van der Waals surface area (Å²) in [7, 11) is 5.89. The molecule has 128 valence electrons. The number of ketones is 1. The summed E-state index contributed by atoms with van der Waals surface area (Å²) in [5.74, 6) is 0.816. The average molecular weight is 310 g/mol. The van der Waals surface area contributed by atoms with E-state index in [9.17, 15) is 9.59 Å². The van der Waals surface area contributed by atoms with Gasteiger partial charge in [0.25, 0.3) is 0 Å². The molecule has 1 aliphatic rings. The number of nitrogens with zero attached hydrogens (tertiary/aromatic N) is 2. The number of carbonyl (C=O) groups is 2. The standard InChI is InChI=1S/C18H34N2O2/c1-18(2,3)17(22)15-10-8-7-9-14(15)13-16(21)20(6)12-11-19(4)5/h14-15H,7-13H2,1-6H3/t14-,15-/m0/s1. The minimum atomic E-state index is -0.305. The van der Waals surface area contributed by atoms with E-state index in [1.165, 1.54) is 0 Å². The molecule has 0 aliphatic heterocycles. The summed E-state index contributed by atoms with van der Waals surface area (Å²) in [6.45, 7) is 7.60. The number of amides is 1. The first kappa shape index (κ1) is 19.1. The second kappa shape index (κ2) is 8.09. The molecule has 0 radical (unpaired) electrons. The zero-order valence-corrected chi connectivity index (χ0v) is 15.3. The van der Waals surface area contributed by atoms with Gasteiger partial charge in [-0.15, -0.1) is 0 Å². The Morgan fingerprint density at radius 2 is 1.59 bits per heavy atom. The molecule has 0 heterocycles. The molecule has 0 unspecified atom stereocenters. The summed E-state index contributed by atoms with van der Waals surface area (Å²) in [4.78, 5) is 29.0. The molecule has 0 bridgehead atoms. The molecular formula is C18H34N2O2. The van der Waals surface area contributed by atoms with Gasteiger partial charge in [0.2, 0.25) is 5.91 Å². The van der Waals surface area contributed by atoms with Crippen molar-refractivity contribution in [3.63, 3.8) is 0 Å². The van der Waals surface area contributed by atoms with Crippen molar-refractivity contribution in [3.05, 3.63) is 0 Å². The smallest absolute Gasteiger partial charge is 0.222 e. The van der Waals surface area contributed by atoms with Crippen LogP contribution < -0.4 is 0 Å². The molecule has 4 nitrogen and oxygen atoms in total. The van der Waals surface area contributed by atoms with Gasteiger partial charge in [-0.3, -0.25) is 9.59 Å². The molecule has 22 heavy (non-hydrogen) atoms. The Labute approximate surface area is 136 Å². The van der Waals surface area contributed by atoms with E-state index in [1.807, 2.05) is 46.8 Å².